The van der Waals surface area contributed by atoms with Crippen LogP contribution in [-0.2, 0) is 0 Å². The first-order valence-corrected chi connectivity index (χ1v) is 11.8. The number of aromatic nitrogens is 2. The molecule has 2 heterocycles. The van der Waals surface area contributed by atoms with Crippen LogP contribution in [0.1, 0.15) is 41.1 Å². The van der Waals surface area contributed by atoms with E-state index in [0.717, 1.165) is 33.5 Å². The van der Waals surface area contributed by atoms with Gasteiger partial charge >= 0.3 is 0 Å². The van der Waals surface area contributed by atoms with Gasteiger partial charge in [0, 0.05) is 11.3 Å². The second kappa shape index (κ2) is 9.07. The van der Waals surface area contributed by atoms with Crippen LogP contribution in [0.15, 0.2) is 77.0 Å². The zero-order valence-corrected chi connectivity index (χ0v) is 20.8. The molecule has 176 valence electrons. The third kappa shape index (κ3) is 4.35. The highest BCUT2D eigenvalue weighted by Crippen LogP contribution is 2.39. The SMILES string of the molecule is CC1=C(c2nc(-c3ccc(C)cc3)no2)C(c2ccc(C)cc2)NC(=S)N1c1ccc(C)c(F)c1. The van der Waals surface area contributed by atoms with Gasteiger partial charge in [-0.2, -0.15) is 4.98 Å². The molecule has 1 aromatic heterocycles. The molecular weight excluding hydrogens is 459 g/mol. The molecule has 0 saturated heterocycles. The monoisotopic (exact) mass is 484 g/mol. The lowest BCUT2D eigenvalue weighted by Crippen LogP contribution is -2.46. The Hall–Kier alpha value is -3.84. The number of rotatable bonds is 4. The topological polar surface area (TPSA) is 54.2 Å². The summed E-state index contributed by atoms with van der Waals surface area (Å²) >= 11 is 5.75. The molecular formula is C28H25FN4OS. The van der Waals surface area contributed by atoms with Crippen molar-refractivity contribution in [3.8, 4) is 11.4 Å². The minimum Gasteiger partial charge on any atom is -0.351 e. The Bertz CT molecular complexity index is 1440. The molecule has 5 nitrogen and oxygen atoms in total. The van der Waals surface area contributed by atoms with E-state index in [1.54, 1.807) is 13.0 Å². The van der Waals surface area contributed by atoms with E-state index >= 15 is 0 Å². The maximum atomic E-state index is 14.5. The Morgan fingerprint density at radius 2 is 1.57 bits per heavy atom. The second-order valence-electron chi connectivity index (χ2n) is 8.85. The number of nitrogens with one attached hydrogen (secondary N) is 1. The lowest BCUT2D eigenvalue weighted by Gasteiger charge is -2.37. The zero-order chi connectivity index (χ0) is 24.7. The summed E-state index contributed by atoms with van der Waals surface area (Å²) in [7, 11) is 0. The van der Waals surface area contributed by atoms with Gasteiger partial charge in [-0.25, -0.2) is 4.39 Å². The standard InChI is InChI=1S/C28H25FN4OS/c1-16-5-10-20(11-6-16)25-24(27-31-26(32-34-27)21-12-7-17(2)8-13-21)19(4)33(28(35)30-25)22-14-9-18(3)23(29)15-22/h5-15,25H,1-4H3,(H,30,35). The van der Waals surface area contributed by atoms with Crippen molar-refractivity contribution in [3.63, 3.8) is 0 Å². The van der Waals surface area contributed by atoms with Crippen molar-refractivity contribution in [2.24, 2.45) is 0 Å². The number of aryl methyl sites for hydroxylation is 3. The number of hydrogen-bond acceptors (Lipinski definition) is 4. The largest absolute Gasteiger partial charge is 0.351 e. The molecule has 1 atom stereocenters. The van der Waals surface area contributed by atoms with Crippen LogP contribution in [0.25, 0.3) is 17.0 Å². The average Bonchev–Trinajstić information content (AvgIpc) is 3.31. The lowest BCUT2D eigenvalue weighted by molar-refractivity contribution is 0.404. The fourth-order valence-electron chi connectivity index (χ4n) is 4.21. The van der Waals surface area contributed by atoms with Crippen LogP contribution in [0.4, 0.5) is 10.1 Å². The van der Waals surface area contributed by atoms with Crippen LogP contribution in [0, 0.1) is 26.6 Å². The maximum Gasteiger partial charge on any atom is 0.258 e. The van der Waals surface area contributed by atoms with Crippen molar-refractivity contribution < 1.29 is 8.91 Å². The molecule has 0 bridgehead atoms. The molecule has 1 N–H and O–H groups in total. The molecule has 1 aliphatic heterocycles. The van der Waals surface area contributed by atoms with Gasteiger partial charge in [0.25, 0.3) is 5.89 Å². The predicted octanol–water partition coefficient (Wildman–Crippen LogP) is 6.67. The number of halogens is 1. The number of nitrogens with zero attached hydrogens (tertiary/aromatic N) is 3. The Morgan fingerprint density at radius 3 is 2.23 bits per heavy atom. The van der Waals surface area contributed by atoms with Gasteiger partial charge in [0.05, 0.1) is 17.3 Å². The molecule has 1 aliphatic rings. The number of hydrogen-bond donors (Lipinski definition) is 1. The van der Waals surface area contributed by atoms with Crippen molar-refractivity contribution in [2.45, 2.75) is 33.7 Å². The minimum absolute atomic E-state index is 0.292. The van der Waals surface area contributed by atoms with Crippen molar-refractivity contribution in [3.05, 3.63) is 106 Å². The van der Waals surface area contributed by atoms with Gasteiger partial charge in [-0.1, -0.05) is 70.9 Å². The minimum atomic E-state index is -0.305. The first kappa shape index (κ1) is 22.9. The van der Waals surface area contributed by atoms with Crippen molar-refractivity contribution >= 4 is 28.6 Å². The van der Waals surface area contributed by atoms with E-state index in [2.05, 4.69) is 34.7 Å². The quantitative estimate of drug-likeness (QED) is 0.327. The second-order valence-corrected chi connectivity index (χ2v) is 9.24. The Balaban J connectivity index is 1.65. The van der Waals surface area contributed by atoms with E-state index in [9.17, 15) is 4.39 Å². The summed E-state index contributed by atoms with van der Waals surface area (Å²) in [5.74, 6) is 0.597. The molecule has 0 aliphatic carbocycles. The molecule has 3 aromatic carbocycles. The van der Waals surface area contributed by atoms with E-state index in [1.807, 2.05) is 56.0 Å². The van der Waals surface area contributed by atoms with Crippen molar-refractivity contribution in [1.29, 1.82) is 0 Å². The summed E-state index contributed by atoms with van der Waals surface area (Å²) in [5, 5.41) is 8.14. The molecule has 0 fully saturated rings. The fourth-order valence-corrected chi connectivity index (χ4v) is 4.57. The predicted molar refractivity (Wildman–Crippen MR) is 140 cm³/mol. The summed E-state index contributed by atoms with van der Waals surface area (Å²) in [5.41, 5.74) is 6.97. The van der Waals surface area contributed by atoms with Gasteiger partial charge in [-0.05, 0) is 63.2 Å². The highest BCUT2D eigenvalue weighted by Gasteiger charge is 2.35. The Morgan fingerprint density at radius 1 is 0.914 bits per heavy atom. The fraction of sp³-hybridized carbons (Fsp3) is 0.179. The molecule has 0 spiro atoms. The number of thiocarbonyl (C=S) groups is 1. The molecule has 0 saturated carbocycles. The van der Waals surface area contributed by atoms with Crippen LogP contribution in [0.2, 0.25) is 0 Å². The van der Waals surface area contributed by atoms with Gasteiger partial charge in [0.15, 0.2) is 5.11 Å². The highest BCUT2D eigenvalue weighted by molar-refractivity contribution is 7.80. The van der Waals surface area contributed by atoms with Crippen LogP contribution in [0.3, 0.4) is 0 Å². The highest BCUT2D eigenvalue weighted by atomic mass is 32.1. The summed E-state index contributed by atoms with van der Waals surface area (Å²) in [6, 6.07) is 21.0. The molecule has 35 heavy (non-hydrogen) atoms. The maximum absolute atomic E-state index is 14.5. The van der Waals surface area contributed by atoms with Crippen LogP contribution >= 0.6 is 12.2 Å². The molecule has 5 rings (SSSR count). The summed E-state index contributed by atoms with van der Waals surface area (Å²) < 4.78 is 20.3. The third-order valence-electron chi connectivity index (χ3n) is 6.28. The first-order chi connectivity index (χ1) is 16.8. The lowest BCUT2D eigenvalue weighted by atomic mass is 9.94. The van der Waals surface area contributed by atoms with E-state index in [1.165, 1.54) is 6.07 Å². The number of anilines is 1. The van der Waals surface area contributed by atoms with Gasteiger partial charge in [0.2, 0.25) is 5.82 Å². The molecule has 0 amide bonds. The van der Waals surface area contributed by atoms with Gasteiger partial charge < -0.3 is 9.84 Å². The molecule has 7 heteroatoms. The molecule has 4 aromatic rings. The summed E-state index contributed by atoms with van der Waals surface area (Å²) in [6.07, 6.45) is 0. The van der Waals surface area contributed by atoms with E-state index in [-0.39, 0.29) is 11.9 Å². The Labute approximate surface area is 209 Å². The van der Waals surface area contributed by atoms with E-state index in [4.69, 9.17) is 21.7 Å². The summed E-state index contributed by atoms with van der Waals surface area (Å²) in [6.45, 7) is 7.75. The van der Waals surface area contributed by atoms with Gasteiger partial charge in [0.1, 0.15) is 5.82 Å². The van der Waals surface area contributed by atoms with E-state index < -0.39 is 0 Å². The van der Waals surface area contributed by atoms with Gasteiger partial charge in [-0.3, -0.25) is 4.90 Å². The first-order valence-electron chi connectivity index (χ1n) is 11.4. The molecule has 0 radical (unpaired) electrons. The third-order valence-corrected chi connectivity index (χ3v) is 6.58. The average molecular weight is 485 g/mol. The van der Waals surface area contributed by atoms with Crippen molar-refractivity contribution in [2.75, 3.05) is 4.90 Å². The summed E-state index contributed by atoms with van der Waals surface area (Å²) in [4.78, 5) is 6.56. The van der Waals surface area contributed by atoms with Crippen LogP contribution in [0.5, 0.6) is 0 Å². The number of benzene rings is 3. The van der Waals surface area contributed by atoms with Crippen LogP contribution < -0.4 is 10.2 Å². The van der Waals surface area contributed by atoms with Gasteiger partial charge in [-0.15, -0.1) is 0 Å². The van der Waals surface area contributed by atoms with Crippen LogP contribution in [-0.4, -0.2) is 15.3 Å². The Kier molecular flexibility index (Phi) is 5.94. The smallest absolute Gasteiger partial charge is 0.258 e. The normalized spacial score (nSPS) is 16.0. The number of allylic oxidation sites excluding steroid dienone is 1. The zero-order valence-electron chi connectivity index (χ0n) is 20.0. The molecule has 1 unspecified atom stereocenters. The van der Waals surface area contributed by atoms with Crippen molar-refractivity contribution in [1.82, 2.24) is 15.5 Å². The van der Waals surface area contributed by atoms with E-state index in [0.29, 0.717) is 28.1 Å².